The van der Waals surface area contributed by atoms with Gasteiger partial charge < -0.3 is 15.0 Å². The summed E-state index contributed by atoms with van der Waals surface area (Å²) in [4.78, 5) is 28.0. The fraction of sp³-hybridized carbons (Fsp3) is 0.517. The maximum atomic E-state index is 13.3. The number of benzene rings is 2. The number of carbonyl (C=O) groups excluding carboxylic acids is 2. The zero-order valence-electron chi connectivity index (χ0n) is 21.5. The second-order valence-electron chi connectivity index (χ2n) is 10.5. The summed E-state index contributed by atoms with van der Waals surface area (Å²) < 4.78 is 6.73. The number of rotatable bonds is 9. The molecule has 1 aliphatic carbocycles. The predicted molar refractivity (Wildman–Crippen MR) is 145 cm³/mol. The first-order valence-corrected chi connectivity index (χ1v) is 13.5. The minimum Gasteiger partial charge on any atom is -0.483 e. The Morgan fingerprint density at radius 2 is 1.77 bits per heavy atom. The third kappa shape index (κ3) is 8.09. The van der Waals surface area contributed by atoms with Gasteiger partial charge in [0, 0.05) is 12.6 Å². The summed E-state index contributed by atoms with van der Waals surface area (Å²) in [5.41, 5.74) is 2.33. The Balaban J connectivity index is 1.68. The van der Waals surface area contributed by atoms with Crippen molar-refractivity contribution in [1.82, 2.24) is 10.2 Å². The molecule has 2 aromatic carbocycles. The van der Waals surface area contributed by atoms with E-state index in [1.54, 1.807) is 4.90 Å². The van der Waals surface area contributed by atoms with Gasteiger partial charge in [0.25, 0.3) is 5.91 Å². The standard InChI is InChI=1S/C29H39BrN2O3/c1-21(28(34)31-24-13-9-6-10-14-24)32(18-17-22-11-7-5-8-12-22)27(33)20-35-26-16-15-23(19-25(26)30)29(2,3)4/h5,7-8,11-12,15-16,19,21,24H,6,9-10,13-14,17-18,20H2,1-4H3,(H,31,34)/t21-/m0/s1. The Morgan fingerprint density at radius 3 is 2.40 bits per heavy atom. The molecule has 0 saturated heterocycles. The molecular formula is C29H39BrN2O3. The van der Waals surface area contributed by atoms with E-state index in [4.69, 9.17) is 4.74 Å². The average molecular weight is 544 g/mol. The van der Waals surface area contributed by atoms with Gasteiger partial charge in [-0.05, 0) is 70.8 Å². The molecule has 35 heavy (non-hydrogen) atoms. The molecule has 1 atom stereocenters. The second kappa shape index (κ2) is 12.6. The minimum atomic E-state index is -0.566. The Morgan fingerprint density at radius 1 is 1.09 bits per heavy atom. The van der Waals surface area contributed by atoms with E-state index in [1.807, 2.05) is 55.5 Å². The predicted octanol–water partition coefficient (Wildman–Crippen LogP) is 6.03. The summed E-state index contributed by atoms with van der Waals surface area (Å²) >= 11 is 3.58. The topological polar surface area (TPSA) is 58.6 Å². The van der Waals surface area contributed by atoms with Crippen LogP contribution in [-0.2, 0) is 21.4 Å². The molecular weight excluding hydrogens is 504 g/mol. The van der Waals surface area contributed by atoms with Crippen LogP contribution in [0.5, 0.6) is 5.75 Å². The molecule has 1 aliphatic rings. The first-order chi connectivity index (χ1) is 16.6. The van der Waals surface area contributed by atoms with Crippen LogP contribution in [0.2, 0.25) is 0 Å². The molecule has 1 N–H and O–H groups in total. The number of hydrogen-bond donors (Lipinski definition) is 1. The van der Waals surface area contributed by atoms with Crippen molar-refractivity contribution in [2.75, 3.05) is 13.2 Å². The van der Waals surface area contributed by atoms with Crippen molar-refractivity contribution in [3.05, 3.63) is 64.1 Å². The first kappa shape index (κ1) is 27.3. The van der Waals surface area contributed by atoms with Crippen molar-refractivity contribution in [2.45, 2.75) is 83.7 Å². The highest BCUT2D eigenvalue weighted by atomic mass is 79.9. The lowest BCUT2D eigenvalue weighted by Crippen LogP contribution is -2.52. The van der Waals surface area contributed by atoms with Crippen molar-refractivity contribution in [1.29, 1.82) is 0 Å². The third-order valence-corrected chi connectivity index (χ3v) is 7.37. The summed E-state index contributed by atoms with van der Waals surface area (Å²) in [5, 5.41) is 3.17. The van der Waals surface area contributed by atoms with Crippen molar-refractivity contribution in [3.8, 4) is 5.75 Å². The van der Waals surface area contributed by atoms with Crippen molar-refractivity contribution < 1.29 is 14.3 Å². The van der Waals surface area contributed by atoms with Gasteiger partial charge in [-0.2, -0.15) is 0 Å². The van der Waals surface area contributed by atoms with E-state index in [0.717, 1.165) is 35.7 Å². The lowest BCUT2D eigenvalue weighted by molar-refractivity contribution is -0.141. The summed E-state index contributed by atoms with van der Waals surface area (Å²) in [5.74, 6) is 0.335. The third-order valence-electron chi connectivity index (χ3n) is 6.75. The van der Waals surface area contributed by atoms with Gasteiger partial charge in [-0.15, -0.1) is 0 Å². The molecule has 0 aliphatic heterocycles. The van der Waals surface area contributed by atoms with Crippen LogP contribution < -0.4 is 10.1 Å². The van der Waals surface area contributed by atoms with Crippen LogP contribution in [0.3, 0.4) is 0 Å². The Hall–Kier alpha value is -2.34. The SMILES string of the molecule is C[C@@H](C(=O)NC1CCCCC1)N(CCc1ccccc1)C(=O)COc1ccc(C(C)(C)C)cc1Br. The molecule has 190 valence electrons. The summed E-state index contributed by atoms with van der Waals surface area (Å²) in [6.07, 6.45) is 6.22. The van der Waals surface area contributed by atoms with Crippen LogP contribution in [0.4, 0.5) is 0 Å². The number of amides is 2. The van der Waals surface area contributed by atoms with Gasteiger partial charge >= 0.3 is 0 Å². The fourth-order valence-electron chi connectivity index (χ4n) is 4.45. The maximum Gasteiger partial charge on any atom is 0.261 e. The molecule has 1 fully saturated rings. The highest BCUT2D eigenvalue weighted by molar-refractivity contribution is 9.10. The lowest BCUT2D eigenvalue weighted by atomic mass is 9.87. The van der Waals surface area contributed by atoms with E-state index in [2.05, 4.69) is 42.0 Å². The summed E-state index contributed by atoms with van der Waals surface area (Å²) in [6, 6.07) is 15.6. The molecule has 5 nitrogen and oxygen atoms in total. The molecule has 0 spiro atoms. The van der Waals surface area contributed by atoms with E-state index >= 15 is 0 Å². The molecule has 2 aromatic rings. The maximum absolute atomic E-state index is 13.3. The molecule has 6 heteroatoms. The van der Waals surface area contributed by atoms with Gasteiger partial charge in [-0.3, -0.25) is 9.59 Å². The van der Waals surface area contributed by atoms with Gasteiger partial charge in [0.2, 0.25) is 5.91 Å². The van der Waals surface area contributed by atoms with Crippen molar-refractivity contribution in [3.63, 3.8) is 0 Å². The van der Waals surface area contributed by atoms with E-state index in [1.165, 1.54) is 12.0 Å². The average Bonchev–Trinajstić information content (AvgIpc) is 2.84. The van der Waals surface area contributed by atoms with E-state index in [0.29, 0.717) is 18.7 Å². The molecule has 0 aromatic heterocycles. The molecule has 0 heterocycles. The zero-order valence-corrected chi connectivity index (χ0v) is 23.1. The summed E-state index contributed by atoms with van der Waals surface area (Å²) in [6.45, 7) is 8.61. The normalized spacial score (nSPS) is 15.3. The monoisotopic (exact) mass is 542 g/mol. The van der Waals surface area contributed by atoms with Gasteiger partial charge in [0.15, 0.2) is 6.61 Å². The van der Waals surface area contributed by atoms with Gasteiger partial charge in [0.1, 0.15) is 11.8 Å². The molecule has 2 amide bonds. The Kier molecular flexibility index (Phi) is 9.79. The number of hydrogen-bond acceptors (Lipinski definition) is 3. The van der Waals surface area contributed by atoms with Gasteiger partial charge in [-0.25, -0.2) is 0 Å². The minimum absolute atomic E-state index is 0.0201. The van der Waals surface area contributed by atoms with Crippen LogP contribution in [-0.4, -0.2) is 41.9 Å². The van der Waals surface area contributed by atoms with Gasteiger partial charge in [0.05, 0.1) is 4.47 Å². The van der Waals surface area contributed by atoms with Crippen molar-refractivity contribution >= 4 is 27.7 Å². The highest BCUT2D eigenvalue weighted by Gasteiger charge is 2.28. The fourth-order valence-corrected chi connectivity index (χ4v) is 4.94. The van der Waals surface area contributed by atoms with Crippen LogP contribution in [0.1, 0.15) is 70.9 Å². The lowest BCUT2D eigenvalue weighted by Gasteiger charge is -2.31. The number of nitrogens with zero attached hydrogens (tertiary/aromatic N) is 1. The first-order valence-electron chi connectivity index (χ1n) is 12.7. The highest BCUT2D eigenvalue weighted by Crippen LogP contribution is 2.31. The molecule has 3 rings (SSSR count). The quantitative estimate of drug-likeness (QED) is 0.420. The van der Waals surface area contributed by atoms with Crippen molar-refractivity contribution in [2.24, 2.45) is 0 Å². The second-order valence-corrected chi connectivity index (χ2v) is 11.4. The van der Waals surface area contributed by atoms with Crippen LogP contribution in [0, 0.1) is 0 Å². The number of halogens is 1. The number of ether oxygens (including phenoxy) is 1. The van der Waals surface area contributed by atoms with Crippen LogP contribution >= 0.6 is 15.9 Å². The van der Waals surface area contributed by atoms with Crippen LogP contribution in [0.15, 0.2) is 53.0 Å². The van der Waals surface area contributed by atoms with E-state index < -0.39 is 6.04 Å². The zero-order chi connectivity index (χ0) is 25.4. The Labute approximate surface area is 218 Å². The molecule has 0 unspecified atom stereocenters. The van der Waals surface area contributed by atoms with E-state index in [-0.39, 0.29) is 29.9 Å². The largest absolute Gasteiger partial charge is 0.483 e. The Bertz CT molecular complexity index is 981. The smallest absolute Gasteiger partial charge is 0.261 e. The van der Waals surface area contributed by atoms with E-state index in [9.17, 15) is 9.59 Å². The molecule has 0 radical (unpaired) electrons. The summed E-state index contributed by atoms with van der Waals surface area (Å²) in [7, 11) is 0. The number of nitrogens with one attached hydrogen (secondary N) is 1. The molecule has 0 bridgehead atoms. The van der Waals surface area contributed by atoms with Crippen LogP contribution in [0.25, 0.3) is 0 Å². The molecule has 1 saturated carbocycles. The van der Waals surface area contributed by atoms with Gasteiger partial charge in [-0.1, -0.05) is 76.4 Å². The number of carbonyl (C=O) groups is 2.